The van der Waals surface area contributed by atoms with Gasteiger partial charge in [-0.2, -0.15) is 4.31 Å². The zero-order chi connectivity index (χ0) is 28.7. The molecule has 210 valence electrons. The molecule has 0 aliphatic carbocycles. The molecule has 0 fully saturated rings. The fourth-order valence-electron chi connectivity index (χ4n) is 4.70. The lowest BCUT2D eigenvalue weighted by Gasteiger charge is -2.27. The van der Waals surface area contributed by atoms with Crippen LogP contribution in [0.2, 0.25) is 0 Å². The molecule has 7 nitrogen and oxygen atoms in total. The number of carbonyl (C=O) groups excluding carboxylic acids is 1. The Labute approximate surface area is 236 Å². The Morgan fingerprint density at radius 1 is 0.974 bits per heavy atom. The van der Waals surface area contributed by atoms with Crippen molar-refractivity contribution in [2.45, 2.75) is 45.6 Å². The summed E-state index contributed by atoms with van der Waals surface area (Å²) in [6.07, 6.45) is 2.08. The van der Waals surface area contributed by atoms with Crippen molar-refractivity contribution in [2.75, 3.05) is 33.9 Å². The molecular formula is C30H38N2O5S2. The number of aryl methyl sites for hydroxylation is 4. The molecule has 1 aromatic heterocycles. The number of ether oxygens (including phenoxy) is 2. The summed E-state index contributed by atoms with van der Waals surface area (Å²) in [5.41, 5.74) is 3.29. The third-order valence-electron chi connectivity index (χ3n) is 6.46. The van der Waals surface area contributed by atoms with Crippen LogP contribution in [0, 0.1) is 27.7 Å². The number of methoxy groups -OCH3 is 2. The minimum absolute atomic E-state index is 0.0302. The maximum atomic E-state index is 13.8. The molecule has 0 saturated carbocycles. The molecule has 9 heteroatoms. The van der Waals surface area contributed by atoms with Gasteiger partial charge in [0.25, 0.3) is 0 Å². The molecule has 0 spiro atoms. The zero-order valence-corrected chi connectivity index (χ0v) is 25.2. The fraction of sp³-hybridized carbons (Fsp3) is 0.367. The van der Waals surface area contributed by atoms with E-state index in [1.165, 1.54) is 10.4 Å². The molecule has 39 heavy (non-hydrogen) atoms. The predicted octanol–water partition coefficient (Wildman–Crippen LogP) is 5.45. The molecular weight excluding hydrogens is 532 g/mol. The molecule has 3 aromatic rings. The first-order chi connectivity index (χ1) is 18.5. The van der Waals surface area contributed by atoms with Gasteiger partial charge in [-0.3, -0.25) is 4.79 Å². The lowest BCUT2D eigenvalue weighted by molar-refractivity contribution is -0.131. The normalized spacial score (nSPS) is 11.5. The molecule has 0 radical (unpaired) electrons. The van der Waals surface area contributed by atoms with Gasteiger partial charge >= 0.3 is 0 Å². The monoisotopic (exact) mass is 570 g/mol. The summed E-state index contributed by atoms with van der Waals surface area (Å²) in [5.74, 6) is 0.985. The minimum Gasteiger partial charge on any atom is -0.493 e. The van der Waals surface area contributed by atoms with Crippen LogP contribution in [0.25, 0.3) is 0 Å². The van der Waals surface area contributed by atoms with Crippen molar-refractivity contribution in [3.63, 3.8) is 0 Å². The van der Waals surface area contributed by atoms with Crippen molar-refractivity contribution in [2.24, 2.45) is 0 Å². The highest BCUT2D eigenvalue weighted by Crippen LogP contribution is 2.28. The van der Waals surface area contributed by atoms with Gasteiger partial charge in [0.15, 0.2) is 11.5 Å². The summed E-state index contributed by atoms with van der Waals surface area (Å²) in [5, 5.41) is 0. The van der Waals surface area contributed by atoms with Gasteiger partial charge in [0.1, 0.15) is 0 Å². The quantitative estimate of drug-likeness (QED) is 0.256. The summed E-state index contributed by atoms with van der Waals surface area (Å²) < 4.78 is 39.6. The van der Waals surface area contributed by atoms with Crippen molar-refractivity contribution in [1.82, 2.24) is 9.21 Å². The molecule has 1 amide bonds. The van der Waals surface area contributed by atoms with Gasteiger partial charge in [-0.15, -0.1) is 17.9 Å². The zero-order valence-electron chi connectivity index (χ0n) is 23.6. The summed E-state index contributed by atoms with van der Waals surface area (Å²) in [6, 6.07) is 13.4. The number of sulfonamides is 1. The number of benzene rings is 2. The van der Waals surface area contributed by atoms with Gasteiger partial charge in [0.05, 0.1) is 32.2 Å². The van der Waals surface area contributed by atoms with E-state index < -0.39 is 10.0 Å². The Morgan fingerprint density at radius 3 is 2.21 bits per heavy atom. The van der Waals surface area contributed by atoms with Crippen LogP contribution < -0.4 is 9.47 Å². The molecule has 1 heterocycles. The van der Waals surface area contributed by atoms with Crippen LogP contribution in [0.4, 0.5) is 0 Å². The lowest BCUT2D eigenvalue weighted by Crippen LogP contribution is -2.43. The highest BCUT2D eigenvalue weighted by atomic mass is 32.2. The Hall–Kier alpha value is -3.14. The Kier molecular flexibility index (Phi) is 10.4. The second-order valence-electron chi connectivity index (χ2n) is 9.58. The number of thiophene rings is 1. The Morgan fingerprint density at radius 2 is 1.64 bits per heavy atom. The maximum absolute atomic E-state index is 13.8. The summed E-state index contributed by atoms with van der Waals surface area (Å²) in [6.45, 7) is 11.8. The van der Waals surface area contributed by atoms with Crippen molar-refractivity contribution < 1.29 is 22.7 Å². The van der Waals surface area contributed by atoms with Crippen molar-refractivity contribution in [3.05, 3.63) is 87.1 Å². The molecule has 0 N–H and O–H groups in total. The SMILES string of the molecule is C=CCN(CC(=O)N(CCc1ccc(OC)c(OC)c1)Cc1ccc(C)s1)S(=O)(=O)c1c(C)cc(C)cc1C. The molecule has 0 saturated heterocycles. The number of carbonyl (C=O) groups is 1. The van der Waals surface area contributed by atoms with Crippen LogP contribution in [0.5, 0.6) is 11.5 Å². The number of nitrogens with zero attached hydrogens (tertiary/aromatic N) is 2. The topological polar surface area (TPSA) is 76.2 Å². The molecule has 0 unspecified atom stereocenters. The van der Waals surface area contributed by atoms with E-state index in [0.717, 1.165) is 20.9 Å². The van der Waals surface area contributed by atoms with E-state index in [0.29, 0.717) is 42.1 Å². The van der Waals surface area contributed by atoms with E-state index in [9.17, 15) is 13.2 Å². The molecule has 0 bridgehead atoms. The van der Waals surface area contributed by atoms with Gasteiger partial charge in [0, 0.05) is 22.8 Å². The fourth-order valence-corrected chi connectivity index (χ4v) is 7.37. The summed E-state index contributed by atoms with van der Waals surface area (Å²) >= 11 is 1.62. The van der Waals surface area contributed by atoms with Crippen LogP contribution in [0.15, 0.2) is 60.0 Å². The highest BCUT2D eigenvalue weighted by molar-refractivity contribution is 7.89. The van der Waals surface area contributed by atoms with Gasteiger partial charge in [-0.05, 0) is 75.1 Å². The van der Waals surface area contributed by atoms with E-state index in [1.807, 2.05) is 56.3 Å². The molecule has 2 aromatic carbocycles. The number of hydrogen-bond donors (Lipinski definition) is 0. The van der Waals surface area contributed by atoms with Crippen molar-refractivity contribution in [3.8, 4) is 11.5 Å². The average Bonchev–Trinajstić information content (AvgIpc) is 3.29. The first-order valence-corrected chi connectivity index (χ1v) is 15.0. The molecule has 0 aliphatic rings. The van der Waals surface area contributed by atoms with Gasteiger partial charge in [-0.25, -0.2) is 8.42 Å². The van der Waals surface area contributed by atoms with Crippen molar-refractivity contribution in [1.29, 1.82) is 0 Å². The third-order valence-corrected chi connectivity index (χ3v) is 9.56. The second-order valence-corrected chi connectivity index (χ2v) is 12.8. The Bertz CT molecular complexity index is 1410. The maximum Gasteiger partial charge on any atom is 0.244 e. The van der Waals surface area contributed by atoms with Crippen LogP contribution >= 0.6 is 11.3 Å². The van der Waals surface area contributed by atoms with Crippen molar-refractivity contribution >= 4 is 27.3 Å². The second kappa shape index (κ2) is 13.3. The van der Waals surface area contributed by atoms with Gasteiger partial charge in [-0.1, -0.05) is 29.8 Å². The lowest BCUT2D eigenvalue weighted by atomic mass is 10.1. The smallest absolute Gasteiger partial charge is 0.244 e. The van der Waals surface area contributed by atoms with Crippen LogP contribution in [-0.2, 0) is 27.8 Å². The third kappa shape index (κ3) is 7.50. The number of hydrogen-bond acceptors (Lipinski definition) is 6. The van der Waals surface area contributed by atoms with Crippen LogP contribution in [0.1, 0.15) is 32.0 Å². The molecule has 3 rings (SSSR count). The Balaban J connectivity index is 1.89. The standard InChI is InChI=1S/C30H38N2O5S2/c1-8-14-32(39(34,35)30-22(3)16-21(2)17-23(30)4)20-29(33)31(19-26-11-9-24(5)38-26)15-13-25-10-12-27(36-6)28(18-25)37-7/h8-12,16-18H,1,13-15,19-20H2,2-7H3. The van der Waals surface area contributed by atoms with Crippen LogP contribution in [-0.4, -0.2) is 57.4 Å². The first kappa shape index (κ1) is 30.4. The highest BCUT2D eigenvalue weighted by Gasteiger charge is 2.30. The average molecular weight is 571 g/mol. The van der Waals surface area contributed by atoms with Gasteiger partial charge in [0.2, 0.25) is 15.9 Å². The van der Waals surface area contributed by atoms with E-state index in [2.05, 4.69) is 6.58 Å². The summed E-state index contributed by atoms with van der Waals surface area (Å²) in [7, 11) is -0.763. The van der Waals surface area contributed by atoms with E-state index >= 15 is 0 Å². The largest absolute Gasteiger partial charge is 0.493 e. The predicted molar refractivity (Wildman–Crippen MR) is 157 cm³/mol. The number of amides is 1. The summed E-state index contributed by atoms with van der Waals surface area (Å²) in [4.78, 5) is 17.9. The van der Waals surface area contributed by atoms with E-state index in [1.54, 1.807) is 44.3 Å². The molecule has 0 aliphatic heterocycles. The number of rotatable bonds is 13. The van der Waals surface area contributed by atoms with E-state index in [4.69, 9.17) is 9.47 Å². The van der Waals surface area contributed by atoms with Gasteiger partial charge < -0.3 is 14.4 Å². The first-order valence-electron chi connectivity index (χ1n) is 12.7. The molecule has 0 atom stereocenters. The minimum atomic E-state index is -3.94. The van der Waals surface area contributed by atoms with Crippen LogP contribution in [0.3, 0.4) is 0 Å². The van der Waals surface area contributed by atoms with E-state index in [-0.39, 0.29) is 23.9 Å².